The van der Waals surface area contributed by atoms with Crippen LogP contribution in [0, 0.1) is 24.4 Å². The second kappa shape index (κ2) is 5.03. The second-order valence-electron chi connectivity index (χ2n) is 3.70. The van der Waals surface area contributed by atoms with E-state index in [-0.39, 0.29) is 12.2 Å². The molecule has 0 aliphatic heterocycles. The van der Waals surface area contributed by atoms with Gasteiger partial charge in [0.2, 0.25) is 0 Å². The number of hydrogen-bond donors (Lipinski definition) is 1. The molecule has 0 bridgehead atoms. The van der Waals surface area contributed by atoms with Crippen LogP contribution in [0.15, 0.2) is 24.4 Å². The predicted molar refractivity (Wildman–Crippen MR) is 60.4 cm³/mol. The summed E-state index contributed by atoms with van der Waals surface area (Å²) in [4.78, 5) is 7.99. The smallest absolute Gasteiger partial charge is 0.182 e. The Balaban J connectivity index is 2.15. The van der Waals surface area contributed by atoms with Crippen LogP contribution in [0.5, 0.6) is 0 Å². The lowest BCUT2D eigenvalue weighted by Gasteiger charge is -2.08. The number of nitrogens with zero attached hydrogens (tertiary/aromatic N) is 2. The van der Waals surface area contributed by atoms with Gasteiger partial charge in [0.25, 0.3) is 0 Å². The summed E-state index contributed by atoms with van der Waals surface area (Å²) in [5.74, 6) is -2.60. The molecule has 0 atom stereocenters. The van der Waals surface area contributed by atoms with Crippen molar-refractivity contribution in [2.75, 3.05) is 5.32 Å². The molecule has 3 nitrogen and oxygen atoms in total. The Labute approximate surface area is 102 Å². The zero-order valence-corrected chi connectivity index (χ0v) is 9.54. The average molecular weight is 253 g/mol. The first kappa shape index (κ1) is 12.3. The first-order chi connectivity index (χ1) is 8.56. The number of hydrogen-bond acceptors (Lipinski definition) is 3. The van der Waals surface area contributed by atoms with Gasteiger partial charge in [-0.25, -0.2) is 23.1 Å². The minimum absolute atomic E-state index is 0.156. The van der Waals surface area contributed by atoms with Gasteiger partial charge in [0.1, 0.15) is 11.6 Å². The van der Waals surface area contributed by atoms with Gasteiger partial charge in [-0.2, -0.15) is 0 Å². The molecule has 1 N–H and O–H groups in total. The number of halogens is 3. The lowest BCUT2D eigenvalue weighted by atomic mass is 10.2. The van der Waals surface area contributed by atoms with Crippen LogP contribution in [0.2, 0.25) is 0 Å². The van der Waals surface area contributed by atoms with Crippen molar-refractivity contribution in [2.24, 2.45) is 0 Å². The van der Waals surface area contributed by atoms with Gasteiger partial charge in [-0.05, 0) is 13.0 Å². The molecule has 0 unspecified atom stereocenters. The maximum atomic E-state index is 13.3. The van der Waals surface area contributed by atoms with Gasteiger partial charge in [-0.1, -0.05) is 0 Å². The van der Waals surface area contributed by atoms with Crippen molar-refractivity contribution in [3.63, 3.8) is 0 Å². The highest BCUT2D eigenvalue weighted by Crippen LogP contribution is 2.19. The molecule has 2 rings (SSSR count). The summed E-state index contributed by atoms with van der Waals surface area (Å²) in [5.41, 5.74) is 0.371. The molecule has 0 fully saturated rings. The average Bonchev–Trinajstić information content (AvgIpc) is 2.32. The van der Waals surface area contributed by atoms with Crippen LogP contribution in [0.1, 0.15) is 11.5 Å². The molecular formula is C12H10F3N3. The van der Waals surface area contributed by atoms with E-state index in [1.807, 2.05) is 0 Å². The van der Waals surface area contributed by atoms with E-state index in [0.717, 1.165) is 6.07 Å². The summed E-state index contributed by atoms with van der Waals surface area (Å²) in [7, 11) is 0. The Morgan fingerprint density at radius 2 is 2.00 bits per heavy atom. The van der Waals surface area contributed by atoms with E-state index < -0.39 is 17.5 Å². The number of aromatic nitrogens is 2. The van der Waals surface area contributed by atoms with Crippen molar-refractivity contribution in [1.29, 1.82) is 0 Å². The highest BCUT2D eigenvalue weighted by molar-refractivity contribution is 5.45. The molecule has 0 aliphatic carbocycles. The van der Waals surface area contributed by atoms with Crippen molar-refractivity contribution in [1.82, 2.24) is 9.97 Å². The van der Waals surface area contributed by atoms with Crippen LogP contribution >= 0.6 is 0 Å². The first-order valence-electron chi connectivity index (χ1n) is 5.23. The van der Waals surface area contributed by atoms with E-state index in [1.165, 1.54) is 0 Å². The largest absolute Gasteiger partial charge is 0.377 e. The van der Waals surface area contributed by atoms with Crippen molar-refractivity contribution < 1.29 is 13.2 Å². The number of aryl methyl sites for hydroxylation is 1. The topological polar surface area (TPSA) is 37.8 Å². The third-order valence-corrected chi connectivity index (χ3v) is 2.29. The lowest BCUT2D eigenvalue weighted by molar-refractivity contribution is 0.497. The van der Waals surface area contributed by atoms with E-state index in [4.69, 9.17) is 0 Å². The first-order valence-corrected chi connectivity index (χ1v) is 5.23. The molecule has 0 aliphatic rings. The van der Waals surface area contributed by atoms with Gasteiger partial charge in [-0.15, -0.1) is 0 Å². The Hall–Kier alpha value is -2.11. The van der Waals surface area contributed by atoms with Crippen molar-refractivity contribution in [2.45, 2.75) is 13.5 Å². The van der Waals surface area contributed by atoms with Crippen molar-refractivity contribution in [3.8, 4) is 0 Å². The second-order valence-corrected chi connectivity index (χ2v) is 3.70. The number of anilines is 1. The highest BCUT2D eigenvalue weighted by Gasteiger charge is 2.10. The number of rotatable bonds is 3. The molecule has 1 heterocycles. The summed E-state index contributed by atoms with van der Waals surface area (Å²) in [6.07, 6.45) is 1.56. The van der Waals surface area contributed by atoms with E-state index in [1.54, 1.807) is 19.2 Å². The summed E-state index contributed by atoms with van der Waals surface area (Å²) < 4.78 is 39.2. The molecule has 1 aromatic heterocycles. The van der Waals surface area contributed by atoms with Gasteiger partial charge in [0, 0.05) is 18.3 Å². The van der Waals surface area contributed by atoms with E-state index >= 15 is 0 Å². The Morgan fingerprint density at radius 1 is 1.22 bits per heavy atom. The van der Waals surface area contributed by atoms with Gasteiger partial charge in [-0.3, -0.25) is 0 Å². The monoisotopic (exact) mass is 253 g/mol. The van der Waals surface area contributed by atoms with Crippen LogP contribution in [0.25, 0.3) is 0 Å². The molecule has 6 heteroatoms. The third-order valence-electron chi connectivity index (χ3n) is 2.29. The fraction of sp³-hybridized carbons (Fsp3) is 0.167. The molecule has 0 radical (unpaired) electrons. The fourth-order valence-electron chi connectivity index (χ4n) is 1.47. The summed E-state index contributed by atoms with van der Waals surface area (Å²) >= 11 is 0. The predicted octanol–water partition coefficient (Wildman–Crippen LogP) is 2.81. The summed E-state index contributed by atoms with van der Waals surface area (Å²) in [5, 5.41) is 2.59. The minimum atomic E-state index is -1.23. The van der Waals surface area contributed by atoms with Crippen LogP contribution in [-0.2, 0) is 6.54 Å². The quantitative estimate of drug-likeness (QED) is 0.855. The van der Waals surface area contributed by atoms with Crippen LogP contribution in [0.4, 0.5) is 18.9 Å². The third kappa shape index (κ3) is 2.77. The molecule has 94 valence electrons. The summed E-state index contributed by atoms with van der Waals surface area (Å²) in [6.45, 7) is 1.87. The highest BCUT2D eigenvalue weighted by atomic mass is 19.2. The van der Waals surface area contributed by atoms with Crippen molar-refractivity contribution >= 4 is 5.69 Å². The molecule has 2 aromatic rings. The molecule has 0 spiro atoms. The summed E-state index contributed by atoms with van der Waals surface area (Å²) in [6, 6.07) is 3.02. The standard InChI is InChI=1S/C12H10F3N3/c1-7-16-3-2-9(18-7)6-17-11-5-8(13)4-10(14)12(11)15/h2-5,17H,6H2,1H3. The van der Waals surface area contributed by atoms with Crippen molar-refractivity contribution in [3.05, 3.63) is 53.4 Å². The molecule has 1 aromatic carbocycles. The number of benzene rings is 1. The molecular weight excluding hydrogens is 243 g/mol. The number of nitrogens with one attached hydrogen (secondary N) is 1. The molecule has 18 heavy (non-hydrogen) atoms. The van der Waals surface area contributed by atoms with Gasteiger partial charge < -0.3 is 5.32 Å². The Bertz CT molecular complexity index is 572. The van der Waals surface area contributed by atoms with E-state index in [0.29, 0.717) is 17.6 Å². The maximum Gasteiger partial charge on any atom is 0.182 e. The lowest BCUT2D eigenvalue weighted by Crippen LogP contribution is -2.06. The minimum Gasteiger partial charge on any atom is -0.377 e. The van der Waals surface area contributed by atoms with Gasteiger partial charge in [0.15, 0.2) is 11.6 Å². The Kier molecular flexibility index (Phi) is 3.45. The van der Waals surface area contributed by atoms with Gasteiger partial charge in [0.05, 0.1) is 17.9 Å². The van der Waals surface area contributed by atoms with E-state index in [9.17, 15) is 13.2 Å². The zero-order chi connectivity index (χ0) is 13.1. The Morgan fingerprint density at radius 3 is 2.72 bits per heavy atom. The molecule has 0 saturated heterocycles. The van der Waals surface area contributed by atoms with Gasteiger partial charge >= 0.3 is 0 Å². The SMILES string of the molecule is Cc1nccc(CNc2cc(F)cc(F)c2F)n1. The normalized spacial score (nSPS) is 10.4. The van der Waals surface area contributed by atoms with Crippen LogP contribution in [-0.4, -0.2) is 9.97 Å². The molecule has 0 saturated carbocycles. The fourth-order valence-corrected chi connectivity index (χ4v) is 1.47. The van der Waals surface area contributed by atoms with E-state index in [2.05, 4.69) is 15.3 Å². The zero-order valence-electron chi connectivity index (χ0n) is 9.54. The molecule has 0 amide bonds. The van der Waals surface area contributed by atoms with Crippen LogP contribution in [0.3, 0.4) is 0 Å². The maximum absolute atomic E-state index is 13.3. The van der Waals surface area contributed by atoms with Crippen LogP contribution < -0.4 is 5.32 Å².